The van der Waals surface area contributed by atoms with Crippen LogP contribution in [0.2, 0.25) is 15.1 Å². The second kappa shape index (κ2) is 17.7. The van der Waals surface area contributed by atoms with E-state index in [0.29, 0.717) is 33.7 Å². The van der Waals surface area contributed by atoms with Gasteiger partial charge in [-0.05, 0) is 51.0 Å². The molecular weight excluding hydrogens is 802 g/mol. The van der Waals surface area contributed by atoms with Gasteiger partial charge in [0.15, 0.2) is 21.4 Å². The number of ketones is 1. The first-order chi connectivity index (χ1) is 24.4. The van der Waals surface area contributed by atoms with Gasteiger partial charge in [0.25, 0.3) is 0 Å². The van der Waals surface area contributed by atoms with E-state index in [1.807, 2.05) is 34.6 Å². The van der Waals surface area contributed by atoms with Crippen LogP contribution in [0.4, 0.5) is 0 Å². The number of ether oxygens (including phenoxy) is 1. The highest BCUT2D eigenvalue weighted by atomic mass is 35.5. The van der Waals surface area contributed by atoms with E-state index in [-0.39, 0.29) is 37.9 Å². The zero-order valence-electron chi connectivity index (χ0n) is 29.3. The van der Waals surface area contributed by atoms with Gasteiger partial charge in [-0.1, -0.05) is 60.7 Å². The van der Waals surface area contributed by atoms with E-state index in [4.69, 9.17) is 63.4 Å². The Hall–Kier alpha value is -3.54. The monoisotopic (exact) mass is 838 g/mol. The Balaban J connectivity index is 0.000000230. The molecule has 0 bridgehead atoms. The SMILES string of the molecule is CC(C)Oc1cc(-n2nc(C(C)(C)C)oc2=O)c(Cl)cc1Cl.CS(=O)(=O)c1cc(Cl)ccc1C(=O)c1cnoc1C1CC1.O=C(O)CNCP(=O)(O)O. The van der Waals surface area contributed by atoms with E-state index >= 15 is 0 Å². The first-order valence-corrected chi connectivity index (χ1v) is 20.4. The summed E-state index contributed by atoms with van der Waals surface area (Å²) in [6, 6.07) is 7.31. The van der Waals surface area contributed by atoms with Crippen molar-refractivity contribution in [1.82, 2.24) is 20.3 Å². The van der Waals surface area contributed by atoms with Crippen molar-refractivity contribution >= 4 is 64.0 Å². The number of aromatic nitrogens is 3. The highest BCUT2D eigenvalue weighted by Crippen LogP contribution is 2.42. The Morgan fingerprint density at radius 2 is 1.74 bits per heavy atom. The van der Waals surface area contributed by atoms with Gasteiger partial charge >= 0.3 is 19.3 Å². The number of nitrogens with zero attached hydrogens (tertiary/aromatic N) is 3. The number of nitrogens with one attached hydrogen (secondary N) is 1. The van der Waals surface area contributed by atoms with Crippen LogP contribution in [-0.2, 0) is 24.6 Å². The molecule has 1 fully saturated rings. The average molecular weight is 840 g/mol. The van der Waals surface area contributed by atoms with Gasteiger partial charge in [-0.25, -0.2) is 13.2 Å². The first kappa shape index (κ1) is 43.9. The van der Waals surface area contributed by atoms with E-state index < -0.39 is 47.8 Å². The molecule has 16 nitrogen and oxygen atoms in total. The average Bonchev–Trinajstić information content (AvgIpc) is 3.60. The summed E-state index contributed by atoms with van der Waals surface area (Å²) in [5.41, 5.74) is 0.392. The van der Waals surface area contributed by atoms with Gasteiger partial charge in [0.1, 0.15) is 5.75 Å². The topological polar surface area (TPSA) is 241 Å². The van der Waals surface area contributed by atoms with Crippen LogP contribution in [0.3, 0.4) is 0 Å². The molecule has 2 heterocycles. The molecule has 0 atom stereocenters. The normalized spacial score (nSPS) is 13.1. The number of rotatable bonds is 11. The zero-order valence-corrected chi connectivity index (χ0v) is 33.3. The van der Waals surface area contributed by atoms with Crippen molar-refractivity contribution < 1.29 is 51.1 Å². The smallest absolute Gasteiger partial charge is 0.442 e. The third-order valence-corrected chi connectivity index (χ3v) is 9.36. The van der Waals surface area contributed by atoms with E-state index in [1.54, 1.807) is 6.07 Å². The van der Waals surface area contributed by atoms with Crippen molar-refractivity contribution in [2.75, 3.05) is 19.1 Å². The lowest BCUT2D eigenvalue weighted by Gasteiger charge is -2.13. The number of halogens is 3. The molecule has 2 aromatic heterocycles. The maximum absolute atomic E-state index is 12.6. The summed E-state index contributed by atoms with van der Waals surface area (Å²) >= 11 is 18.1. The molecule has 4 N–H and O–H groups in total. The lowest BCUT2D eigenvalue weighted by atomic mass is 9.97. The van der Waals surface area contributed by atoms with Crippen LogP contribution in [0.1, 0.15) is 81.0 Å². The fraction of sp³-hybridized carbons (Fsp3) is 0.406. The quantitative estimate of drug-likeness (QED) is 0.102. The summed E-state index contributed by atoms with van der Waals surface area (Å²) in [7, 11) is -7.66. The fourth-order valence-electron chi connectivity index (χ4n) is 4.26. The summed E-state index contributed by atoms with van der Waals surface area (Å²) in [4.78, 5) is 50.8. The van der Waals surface area contributed by atoms with Crippen LogP contribution in [-0.4, -0.2) is 75.2 Å². The molecule has 1 aliphatic rings. The Morgan fingerprint density at radius 1 is 1.09 bits per heavy atom. The molecule has 21 heteroatoms. The predicted molar refractivity (Wildman–Crippen MR) is 196 cm³/mol. The minimum Gasteiger partial charge on any atom is -0.489 e. The number of hydrogen-bond acceptors (Lipinski definition) is 12. The second-order valence-electron chi connectivity index (χ2n) is 13.0. The molecular formula is C32H38Cl3N4O12PS. The number of carboxylic acid groups (broad SMARTS) is 1. The molecule has 0 spiro atoms. The van der Waals surface area contributed by atoms with Crippen molar-refractivity contribution in [3.05, 3.63) is 84.9 Å². The largest absolute Gasteiger partial charge is 0.489 e. The highest BCUT2D eigenvalue weighted by Gasteiger charge is 2.34. The van der Waals surface area contributed by atoms with Gasteiger partial charge in [-0.15, -0.1) is 5.10 Å². The molecule has 0 amide bonds. The van der Waals surface area contributed by atoms with Gasteiger partial charge in [0.05, 0.1) is 51.3 Å². The van der Waals surface area contributed by atoms with E-state index in [0.717, 1.165) is 23.8 Å². The second-order valence-corrected chi connectivity index (χ2v) is 17.9. The van der Waals surface area contributed by atoms with Crippen LogP contribution in [0, 0.1) is 0 Å². The summed E-state index contributed by atoms with van der Waals surface area (Å²) in [6.07, 6.45) is 3.64. The Bertz CT molecular complexity index is 2170. The van der Waals surface area contributed by atoms with Gasteiger partial charge in [0.2, 0.25) is 5.89 Å². The molecule has 5 rings (SSSR count). The van der Waals surface area contributed by atoms with Crippen molar-refractivity contribution in [3.63, 3.8) is 0 Å². The lowest BCUT2D eigenvalue weighted by Crippen LogP contribution is -2.23. The molecule has 4 aromatic rings. The van der Waals surface area contributed by atoms with E-state index in [2.05, 4.69) is 15.6 Å². The van der Waals surface area contributed by atoms with Crippen molar-refractivity contribution in [1.29, 1.82) is 0 Å². The standard InChI is InChI=1S/C15H18Cl2N2O3.C14H12ClNO4S.C3H8NO5P/c1-8(2)21-12-7-11(9(16)6-10(12)17)19-14(20)22-13(18-19)15(3,4)5;1-21(18,19)12-6-9(15)4-5-10(12)13(17)11-7-16-20-14(11)8-2-3-8;5-3(6)1-4-2-10(7,8)9/h6-8H,1-5H3;4-8H,2-3H2,1H3;4H,1-2H2,(H,5,6)(H2,7,8,9). The summed E-state index contributed by atoms with van der Waals surface area (Å²) in [6.45, 7) is 9.03. The Kier molecular flexibility index (Phi) is 14.7. The van der Waals surface area contributed by atoms with Crippen LogP contribution >= 0.6 is 42.4 Å². The van der Waals surface area contributed by atoms with Crippen molar-refractivity contribution in [2.24, 2.45) is 0 Å². The van der Waals surface area contributed by atoms with Gasteiger partial charge in [-0.3, -0.25) is 19.5 Å². The number of hydrogen-bond donors (Lipinski definition) is 4. The van der Waals surface area contributed by atoms with Gasteiger partial charge in [0, 0.05) is 34.2 Å². The highest BCUT2D eigenvalue weighted by molar-refractivity contribution is 7.90. The Morgan fingerprint density at radius 3 is 2.25 bits per heavy atom. The van der Waals surface area contributed by atoms with Crippen LogP contribution in [0.15, 0.2) is 55.2 Å². The van der Waals surface area contributed by atoms with Crippen LogP contribution < -0.4 is 15.8 Å². The van der Waals surface area contributed by atoms with Crippen molar-refractivity contribution in [2.45, 2.75) is 69.8 Å². The van der Waals surface area contributed by atoms with Crippen LogP contribution in [0.5, 0.6) is 5.75 Å². The minimum absolute atomic E-state index is 0.0642. The Labute approximate surface area is 319 Å². The summed E-state index contributed by atoms with van der Waals surface area (Å²) in [5, 5.41) is 18.9. The molecule has 1 aliphatic carbocycles. The molecule has 0 radical (unpaired) electrons. The summed E-state index contributed by atoms with van der Waals surface area (Å²) in [5.74, 6) is -0.652. The lowest BCUT2D eigenvalue weighted by molar-refractivity contribution is -0.135. The third kappa shape index (κ3) is 13.1. The summed E-state index contributed by atoms with van der Waals surface area (Å²) < 4.78 is 50.8. The number of carbonyl (C=O) groups excluding carboxylic acids is 1. The number of carbonyl (C=O) groups is 2. The molecule has 1 saturated carbocycles. The molecule has 0 saturated heterocycles. The van der Waals surface area contributed by atoms with E-state index in [1.165, 1.54) is 30.5 Å². The molecule has 0 unspecified atom stereocenters. The maximum Gasteiger partial charge on any atom is 0.442 e. The zero-order chi connectivity index (χ0) is 40.1. The molecule has 53 heavy (non-hydrogen) atoms. The predicted octanol–water partition coefficient (Wildman–Crippen LogP) is 5.85. The van der Waals surface area contributed by atoms with Gasteiger partial charge in [-0.2, -0.15) is 4.68 Å². The third-order valence-electron chi connectivity index (χ3n) is 6.75. The van der Waals surface area contributed by atoms with Gasteiger partial charge < -0.3 is 28.6 Å². The molecule has 2 aromatic carbocycles. The number of sulfone groups is 1. The number of benzene rings is 2. The maximum atomic E-state index is 12.6. The number of aliphatic carboxylic acids is 1. The molecule has 0 aliphatic heterocycles. The van der Waals surface area contributed by atoms with Crippen LogP contribution in [0.25, 0.3) is 5.69 Å². The minimum atomic E-state index is -4.10. The first-order valence-electron chi connectivity index (χ1n) is 15.6. The van der Waals surface area contributed by atoms with E-state index in [9.17, 15) is 27.4 Å². The van der Waals surface area contributed by atoms with Crippen molar-refractivity contribution in [3.8, 4) is 11.4 Å². The fourth-order valence-corrected chi connectivity index (χ4v) is 6.31. The number of carboxylic acids is 1. The molecule has 290 valence electrons.